The number of aromatic nitrogens is 3. The smallest absolute Gasteiger partial charge is 0.273 e. The fourth-order valence-electron chi connectivity index (χ4n) is 3.55. The molecule has 0 atom stereocenters. The van der Waals surface area contributed by atoms with Crippen LogP contribution in [-0.4, -0.2) is 78.2 Å². The maximum absolute atomic E-state index is 12.7. The number of pyridine rings is 1. The van der Waals surface area contributed by atoms with E-state index in [1.807, 2.05) is 43.1 Å². The third-order valence-corrected chi connectivity index (χ3v) is 5.61. The molecule has 36 heavy (non-hydrogen) atoms. The van der Waals surface area contributed by atoms with Crippen LogP contribution >= 0.6 is 0 Å². The van der Waals surface area contributed by atoms with Crippen molar-refractivity contribution in [2.75, 3.05) is 50.9 Å². The molecule has 0 aliphatic rings. The summed E-state index contributed by atoms with van der Waals surface area (Å²) < 4.78 is 0. The summed E-state index contributed by atoms with van der Waals surface area (Å²) in [7, 11) is 3.64. The molecule has 0 aliphatic heterocycles. The van der Waals surface area contributed by atoms with E-state index in [4.69, 9.17) is 16.1 Å². The van der Waals surface area contributed by atoms with E-state index in [0.717, 1.165) is 22.0 Å². The number of aryl methyl sites for hydroxylation is 1. The predicted molar refractivity (Wildman–Crippen MR) is 140 cm³/mol. The second kappa shape index (κ2) is 12.5. The number of nitrogen functional groups attached to an aromatic ring is 1. The Bertz CT molecular complexity index is 1230. The van der Waals surface area contributed by atoms with Gasteiger partial charge in [-0.25, -0.2) is 20.4 Å². The van der Waals surface area contributed by atoms with E-state index in [1.54, 1.807) is 11.9 Å². The number of nitrogens with two attached hydrogens (primary N) is 1. The molecule has 190 valence electrons. The first-order chi connectivity index (χ1) is 17.3. The van der Waals surface area contributed by atoms with Crippen LogP contribution in [0.3, 0.4) is 0 Å². The van der Waals surface area contributed by atoms with Gasteiger partial charge in [-0.3, -0.25) is 15.0 Å². The van der Waals surface area contributed by atoms with Crippen molar-refractivity contribution < 1.29 is 9.59 Å². The molecule has 12 heteroatoms. The highest BCUT2D eigenvalue weighted by Crippen LogP contribution is 2.25. The maximum atomic E-state index is 12.7. The largest absolute Gasteiger partial charge is 0.382 e. The summed E-state index contributed by atoms with van der Waals surface area (Å²) in [5, 5.41) is 10.8. The number of hydrazine groups is 1. The third kappa shape index (κ3) is 6.71. The van der Waals surface area contributed by atoms with Crippen LogP contribution in [0.5, 0.6) is 0 Å². The van der Waals surface area contributed by atoms with Crippen molar-refractivity contribution in [2.45, 2.75) is 13.5 Å². The molecule has 3 aromatic rings. The van der Waals surface area contributed by atoms with Gasteiger partial charge < -0.3 is 26.3 Å². The molecule has 0 fully saturated rings. The monoisotopic (exact) mass is 492 g/mol. The average Bonchev–Trinajstić information content (AvgIpc) is 2.88. The number of carbonyl (C=O) groups excluding carboxylic acids is 2. The second-order valence-corrected chi connectivity index (χ2v) is 8.27. The number of likely N-dealkylation sites (N-methyl/N-ethyl adjacent to an activating group) is 2. The summed E-state index contributed by atoms with van der Waals surface area (Å²) in [5.41, 5.74) is 14.2. The Morgan fingerprint density at radius 1 is 1.14 bits per heavy atom. The normalized spacial score (nSPS) is 10.8. The zero-order valence-electron chi connectivity index (χ0n) is 20.7. The lowest BCUT2D eigenvalue weighted by Crippen LogP contribution is -2.44. The first kappa shape index (κ1) is 26.4. The minimum atomic E-state index is -0.423. The fourth-order valence-corrected chi connectivity index (χ4v) is 3.55. The average molecular weight is 493 g/mol. The quantitative estimate of drug-likeness (QED) is 0.137. The van der Waals surface area contributed by atoms with Crippen LogP contribution in [0.1, 0.15) is 21.6 Å². The molecular weight excluding hydrogens is 460 g/mol. The molecule has 0 saturated carbocycles. The predicted octanol–water partition coefficient (Wildman–Crippen LogP) is 0.484. The van der Waals surface area contributed by atoms with E-state index in [1.165, 1.54) is 18.6 Å². The van der Waals surface area contributed by atoms with Gasteiger partial charge in [-0.2, -0.15) is 0 Å². The van der Waals surface area contributed by atoms with Crippen molar-refractivity contribution in [1.29, 1.82) is 5.41 Å². The Morgan fingerprint density at radius 2 is 1.92 bits per heavy atom. The van der Waals surface area contributed by atoms with Crippen LogP contribution < -0.4 is 26.8 Å². The highest BCUT2D eigenvalue weighted by molar-refractivity contribution is 5.96. The summed E-state index contributed by atoms with van der Waals surface area (Å²) >= 11 is 0. The van der Waals surface area contributed by atoms with Crippen molar-refractivity contribution in [3.05, 3.63) is 53.5 Å². The third-order valence-electron chi connectivity index (χ3n) is 5.61. The molecule has 2 amide bonds. The number of anilines is 2. The van der Waals surface area contributed by atoms with Gasteiger partial charge in [0.1, 0.15) is 5.82 Å². The van der Waals surface area contributed by atoms with E-state index in [2.05, 4.69) is 26.1 Å². The Labute approximate surface area is 209 Å². The molecule has 0 radical (unpaired) electrons. The van der Waals surface area contributed by atoms with Gasteiger partial charge in [-0.1, -0.05) is 18.2 Å². The van der Waals surface area contributed by atoms with Crippen molar-refractivity contribution in [3.63, 3.8) is 0 Å². The van der Waals surface area contributed by atoms with Crippen LogP contribution in [0, 0.1) is 12.3 Å². The van der Waals surface area contributed by atoms with Crippen LogP contribution in [0.4, 0.5) is 11.6 Å². The Kier molecular flexibility index (Phi) is 9.19. The van der Waals surface area contributed by atoms with Crippen LogP contribution in [0.25, 0.3) is 10.9 Å². The molecular formula is C24H32N10O2. The van der Waals surface area contributed by atoms with Gasteiger partial charge in [0.2, 0.25) is 5.91 Å². The van der Waals surface area contributed by atoms with Gasteiger partial charge in [-0.15, -0.1) is 0 Å². The van der Waals surface area contributed by atoms with Gasteiger partial charge >= 0.3 is 0 Å². The zero-order chi connectivity index (χ0) is 26.1. The van der Waals surface area contributed by atoms with E-state index in [0.29, 0.717) is 25.5 Å². The number of hydrogen-bond acceptors (Lipinski definition) is 10. The van der Waals surface area contributed by atoms with E-state index in [9.17, 15) is 9.59 Å². The molecule has 12 nitrogen and oxygen atoms in total. The standard InChI is InChI=1S/C24H32N10O2/c1-16-5-4-6-17-13-18(14-29-24(36)21-22(26)28-10-9-27-21)23(32-20(16)17)34(3)12-11-33(2)19(35)15-31-30-8-7-25/h4-7,9-10,13,25,30-31H,8,11-12,14-15H2,1-3H3,(H2,26,28)(H,29,36). The van der Waals surface area contributed by atoms with E-state index >= 15 is 0 Å². The summed E-state index contributed by atoms with van der Waals surface area (Å²) in [6.45, 7) is 3.67. The Hall–Kier alpha value is -4.16. The van der Waals surface area contributed by atoms with Crippen molar-refractivity contribution >= 4 is 40.6 Å². The molecule has 0 unspecified atom stereocenters. The minimum absolute atomic E-state index is 0.0647. The summed E-state index contributed by atoms with van der Waals surface area (Å²) in [6.07, 6.45) is 4.05. The first-order valence-corrected chi connectivity index (χ1v) is 11.5. The number of fused-ring (bicyclic) bond motifs is 1. The molecule has 0 aliphatic carbocycles. The molecule has 1 aromatic carbocycles. The summed E-state index contributed by atoms with van der Waals surface area (Å²) in [5.74, 6) is 0.260. The van der Waals surface area contributed by atoms with Crippen molar-refractivity contribution in [2.24, 2.45) is 0 Å². The van der Waals surface area contributed by atoms with Gasteiger partial charge in [-0.05, 0) is 18.6 Å². The highest BCUT2D eigenvalue weighted by atomic mass is 16.2. The zero-order valence-corrected chi connectivity index (χ0v) is 20.7. The van der Waals surface area contributed by atoms with Crippen molar-refractivity contribution in [3.8, 4) is 0 Å². The molecule has 0 saturated heterocycles. The van der Waals surface area contributed by atoms with E-state index < -0.39 is 5.91 Å². The van der Waals surface area contributed by atoms with Crippen LogP contribution in [0.15, 0.2) is 36.7 Å². The molecule has 2 heterocycles. The van der Waals surface area contributed by atoms with Gasteiger partial charge in [0, 0.05) is 69.8 Å². The molecule has 0 bridgehead atoms. The summed E-state index contributed by atoms with van der Waals surface area (Å²) in [6, 6.07) is 7.96. The topological polar surface area (TPSA) is 165 Å². The Morgan fingerprint density at radius 3 is 2.67 bits per heavy atom. The lowest BCUT2D eigenvalue weighted by atomic mass is 10.1. The number of para-hydroxylation sites is 1. The molecule has 0 spiro atoms. The van der Waals surface area contributed by atoms with Gasteiger partial charge in [0.25, 0.3) is 5.91 Å². The number of nitrogens with zero attached hydrogens (tertiary/aromatic N) is 5. The van der Waals surface area contributed by atoms with Gasteiger partial charge in [0.05, 0.1) is 12.1 Å². The second-order valence-electron chi connectivity index (χ2n) is 8.27. The van der Waals surface area contributed by atoms with Crippen molar-refractivity contribution in [1.82, 2.24) is 36.0 Å². The van der Waals surface area contributed by atoms with Crippen LogP contribution in [0.2, 0.25) is 0 Å². The number of amides is 2. The minimum Gasteiger partial charge on any atom is -0.382 e. The summed E-state index contributed by atoms with van der Waals surface area (Å²) in [4.78, 5) is 41.4. The maximum Gasteiger partial charge on any atom is 0.273 e. The van der Waals surface area contributed by atoms with Gasteiger partial charge in [0.15, 0.2) is 11.5 Å². The Balaban J connectivity index is 1.75. The number of nitrogens with one attached hydrogen (secondary N) is 4. The lowest BCUT2D eigenvalue weighted by molar-refractivity contribution is -0.129. The number of hydrogen-bond donors (Lipinski definition) is 5. The molecule has 6 N–H and O–H groups in total. The fraction of sp³-hybridized carbons (Fsp3) is 0.333. The SMILES string of the molecule is Cc1cccc2cc(CNC(=O)c3nccnc3N)c(N(C)CCN(C)C(=O)CNNCC=N)nc12. The molecule has 2 aromatic heterocycles. The van der Waals surface area contributed by atoms with E-state index in [-0.39, 0.29) is 30.5 Å². The molecule has 3 rings (SSSR count). The van der Waals surface area contributed by atoms with Crippen LogP contribution in [-0.2, 0) is 11.3 Å². The number of rotatable bonds is 12. The lowest BCUT2D eigenvalue weighted by Gasteiger charge is -2.25. The number of carbonyl (C=O) groups is 2. The number of benzene rings is 1. The highest BCUT2D eigenvalue weighted by Gasteiger charge is 2.17. The first-order valence-electron chi connectivity index (χ1n) is 11.5.